The average molecular weight is 347 g/mol. The molecule has 2 aliphatic rings. The maximum absolute atomic E-state index is 11.0. The van der Waals surface area contributed by atoms with Crippen LogP contribution in [0.3, 0.4) is 0 Å². The van der Waals surface area contributed by atoms with E-state index in [2.05, 4.69) is 12.4 Å². The Balaban J connectivity index is 1.52. The van der Waals surface area contributed by atoms with E-state index >= 15 is 0 Å². The van der Waals surface area contributed by atoms with E-state index in [1.54, 1.807) is 12.1 Å². The number of hydrogen-bond donors (Lipinski definition) is 2. The van der Waals surface area contributed by atoms with Gasteiger partial charge >= 0.3 is 5.97 Å². The first kappa shape index (κ1) is 18.4. The summed E-state index contributed by atoms with van der Waals surface area (Å²) >= 11 is 0. The minimum absolute atomic E-state index is 0.330. The SMILES string of the molecule is CCCCCONC[C@H]1[C@@H](Cc2ccc(C(=O)O)cc2)[C@H]2CC[C@@H]1O2. The van der Waals surface area contributed by atoms with E-state index in [1.807, 2.05) is 12.1 Å². The van der Waals surface area contributed by atoms with Crippen molar-refractivity contribution in [3.63, 3.8) is 0 Å². The third kappa shape index (κ3) is 4.60. The summed E-state index contributed by atoms with van der Waals surface area (Å²) in [5.74, 6) is 0.0577. The van der Waals surface area contributed by atoms with Crippen LogP contribution >= 0.6 is 0 Å². The van der Waals surface area contributed by atoms with E-state index in [0.29, 0.717) is 29.6 Å². The summed E-state index contributed by atoms with van der Waals surface area (Å²) < 4.78 is 6.14. The molecule has 0 aromatic heterocycles. The summed E-state index contributed by atoms with van der Waals surface area (Å²) in [6.07, 6.45) is 7.37. The number of unbranched alkanes of at least 4 members (excludes halogenated alkanes) is 2. The van der Waals surface area contributed by atoms with Gasteiger partial charge in [-0.3, -0.25) is 0 Å². The molecule has 138 valence electrons. The first-order valence-corrected chi connectivity index (χ1v) is 9.51. The van der Waals surface area contributed by atoms with Crippen molar-refractivity contribution in [2.45, 2.75) is 57.7 Å². The molecule has 0 spiro atoms. The number of ether oxygens (including phenoxy) is 1. The number of carbonyl (C=O) groups is 1. The van der Waals surface area contributed by atoms with Gasteiger partial charge in [0.1, 0.15) is 0 Å². The second-order valence-electron chi connectivity index (χ2n) is 7.23. The quantitative estimate of drug-likeness (QED) is 0.501. The zero-order chi connectivity index (χ0) is 17.6. The van der Waals surface area contributed by atoms with Crippen LogP contribution in [-0.4, -0.2) is 36.4 Å². The van der Waals surface area contributed by atoms with Gasteiger partial charge in [0.25, 0.3) is 0 Å². The van der Waals surface area contributed by atoms with Crippen LogP contribution in [0.25, 0.3) is 0 Å². The molecule has 2 saturated heterocycles. The van der Waals surface area contributed by atoms with Crippen molar-refractivity contribution in [3.8, 4) is 0 Å². The molecule has 1 aromatic rings. The van der Waals surface area contributed by atoms with Gasteiger partial charge < -0.3 is 14.7 Å². The molecule has 2 bridgehead atoms. The van der Waals surface area contributed by atoms with E-state index in [4.69, 9.17) is 14.7 Å². The summed E-state index contributed by atoms with van der Waals surface area (Å²) in [6, 6.07) is 7.24. The van der Waals surface area contributed by atoms with Gasteiger partial charge in [-0.15, -0.1) is 0 Å². The van der Waals surface area contributed by atoms with Gasteiger partial charge in [0, 0.05) is 12.5 Å². The van der Waals surface area contributed by atoms with E-state index in [9.17, 15) is 4.79 Å². The van der Waals surface area contributed by atoms with Gasteiger partial charge in [0.15, 0.2) is 0 Å². The van der Waals surface area contributed by atoms with Crippen molar-refractivity contribution in [1.29, 1.82) is 0 Å². The Morgan fingerprint density at radius 3 is 2.60 bits per heavy atom. The summed E-state index contributed by atoms with van der Waals surface area (Å²) in [6.45, 7) is 3.77. The van der Waals surface area contributed by atoms with Crippen LogP contribution in [0.2, 0.25) is 0 Å². The highest BCUT2D eigenvalue weighted by Gasteiger charge is 2.48. The third-order valence-corrected chi connectivity index (χ3v) is 5.53. The lowest BCUT2D eigenvalue weighted by atomic mass is 9.76. The van der Waals surface area contributed by atoms with Gasteiger partial charge in [0.05, 0.1) is 24.4 Å². The molecule has 2 N–H and O–H groups in total. The lowest BCUT2D eigenvalue weighted by molar-refractivity contribution is 0.0180. The lowest BCUT2D eigenvalue weighted by Crippen LogP contribution is -2.36. The standard InChI is InChI=1S/C20H29NO4/c1-2-3-4-11-24-21-13-17-16(18-9-10-19(17)25-18)12-14-5-7-15(8-6-14)20(22)23/h5-8,16-19,21H,2-4,9-13H2,1H3,(H,22,23)/t16-,17+,18-,19+/m1/s1. The van der Waals surface area contributed by atoms with Crippen molar-refractivity contribution in [2.75, 3.05) is 13.2 Å². The fourth-order valence-electron chi connectivity index (χ4n) is 4.14. The maximum Gasteiger partial charge on any atom is 0.335 e. The fraction of sp³-hybridized carbons (Fsp3) is 0.650. The first-order valence-electron chi connectivity index (χ1n) is 9.51. The lowest BCUT2D eigenvalue weighted by Gasteiger charge is -2.28. The summed E-state index contributed by atoms with van der Waals surface area (Å²) in [5.41, 5.74) is 4.67. The number of hydrogen-bond acceptors (Lipinski definition) is 4. The predicted molar refractivity (Wildman–Crippen MR) is 95.5 cm³/mol. The number of hydroxylamine groups is 1. The van der Waals surface area contributed by atoms with Crippen molar-refractivity contribution >= 4 is 5.97 Å². The molecule has 0 aliphatic carbocycles. The number of carboxylic acid groups (broad SMARTS) is 1. The minimum Gasteiger partial charge on any atom is -0.478 e. The van der Waals surface area contributed by atoms with Crippen LogP contribution in [0.5, 0.6) is 0 Å². The van der Waals surface area contributed by atoms with E-state index in [1.165, 1.54) is 18.4 Å². The second kappa shape index (κ2) is 8.79. The molecule has 0 unspecified atom stereocenters. The predicted octanol–water partition coefficient (Wildman–Crippen LogP) is 3.43. The molecule has 5 nitrogen and oxygen atoms in total. The minimum atomic E-state index is -0.878. The molecule has 0 amide bonds. The number of rotatable bonds is 10. The summed E-state index contributed by atoms with van der Waals surface area (Å²) in [4.78, 5) is 16.6. The van der Waals surface area contributed by atoms with Crippen LogP contribution in [-0.2, 0) is 16.0 Å². The summed E-state index contributed by atoms with van der Waals surface area (Å²) in [7, 11) is 0. The molecule has 0 saturated carbocycles. The van der Waals surface area contributed by atoms with Crippen molar-refractivity contribution < 1.29 is 19.5 Å². The Kier molecular flexibility index (Phi) is 6.45. The van der Waals surface area contributed by atoms with Crippen LogP contribution in [0.1, 0.15) is 54.9 Å². The van der Waals surface area contributed by atoms with Crippen LogP contribution in [0.4, 0.5) is 0 Å². The Bertz CT molecular complexity index is 559. The fourth-order valence-corrected chi connectivity index (χ4v) is 4.14. The number of carboxylic acids is 1. The second-order valence-corrected chi connectivity index (χ2v) is 7.23. The Morgan fingerprint density at radius 1 is 1.20 bits per heavy atom. The number of aromatic carboxylic acids is 1. The zero-order valence-electron chi connectivity index (χ0n) is 14.9. The molecule has 5 heteroatoms. The zero-order valence-corrected chi connectivity index (χ0v) is 14.9. The highest BCUT2D eigenvalue weighted by molar-refractivity contribution is 5.87. The van der Waals surface area contributed by atoms with E-state index in [-0.39, 0.29) is 0 Å². The van der Waals surface area contributed by atoms with Crippen molar-refractivity contribution in [1.82, 2.24) is 5.48 Å². The van der Waals surface area contributed by atoms with Gasteiger partial charge in [-0.2, -0.15) is 0 Å². The number of nitrogens with one attached hydrogen (secondary N) is 1. The molecule has 4 atom stereocenters. The van der Waals surface area contributed by atoms with E-state index < -0.39 is 5.97 Å². The molecule has 2 fully saturated rings. The molecule has 0 radical (unpaired) electrons. The molecule has 25 heavy (non-hydrogen) atoms. The molecule has 2 heterocycles. The van der Waals surface area contributed by atoms with Crippen molar-refractivity contribution in [3.05, 3.63) is 35.4 Å². The molecule has 1 aromatic carbocycles. The topological polar surface area (TPSA) is 67.8 Å². The average Bonchev–Trinajstić information content (AvgIpc) is 3.21. The van der Waals surface area contributed by atoms with E-state index in [0.717, 1.165) is 38.8 Å². The number of benzene rings is 1. The highest BCUT2D eigenvalue weighted by Crippen LogP contribution is 2.44. The van der Waals surface area contributed by atoms with Crippen LogP contribution in [0, 0.1) is 11.8 Å². The van der Waals surface area contributed by atoms with Crippen LogP contribution in [0.15, 0.2) is 24.3 Å². The Hall–Kier alpha value is -1.43. The Morgan fingerprint density at radius 2 is 1.92 bits per heavy atom. The van der Waals surface area contributed by atoms with Gasteiger partial charge in [-0.05, 0) is 49.3 Å². The monoisotopic (exact) mass is 347 g/mol. The molecular formula is C20H29NO4. The van der Waals surface area contributed by atoms with Crippen LogP contribution < -0.4 is 5.48 Å². The van der Waals surface area contributed by atoms with Crippen molar-refractivity contribution in [2.24, 2.45) is 11.8 Å². The largest absolute Gasteiger partial charge is 0.478 e. The first-order chi connectivity index (χ1) is 12.2. The number of fused-ring (bicyclic) bond motifs is 2. The third-order valence-electron chi connectivity index (χ3n) is 5.53. The molecule has 3 rings (SSSR count). The normalized spacial score (nSPS) is 27.7. The molecular weight excluding hydrogens is 318 g/mol. The maximum atomic E-state index is 11.0. The van der Waals surface area contributed by atoms with Gasteiger partial charge in [0.2, 0.25) is 0 Å². The molecule has 2 aliphatic heterocycles. The Labute approximate surface area is 149 Å². The smallest absolute Gasteiger partial charge is 0.335 e. The van der Waals surface area contributed by atoms with Gasteiger partial charge in [-0.1, -0.05) is 31.9 Å². The van der Waals surface area contributed by atoms with Gasteiger partial charge in [-0.25, -0.2) is 10.3 Å². The summed E-state index contributed by atoms with van der Waals surface area (Å²) in [5, 5.41) is 9.02. The highest BCUT2D eigenvalue weighted by atomic mass is 16.6.